The molecule has 0 bridgehead atoms. The molecule has 0 aliphatic heterocycles. The van der Waals surface area contributed by atoms with Gasteiger partial charge in [-0.25, -0.2) is 0 Å². The summed E-state index contributed by atoms with van der Waals surface area (Å²) >= 11 is 0. The highest BCUT2D eigenvalue weighted by atomic mass is 19.4. The minimum atomic E-state index is -5.50. The van der Waals surface area contributed by atoms with Crippen LogP contribution in [-0.4, -0.2) is 44.6 Å². The van der Waals surface area contributed by atoms with Crippen molar-refractivity contribution in [1.82, 2.24) is 0 Å². The van der Waals surface area contributed by atoms with E-state index in [9.17, 15) is 26.3 Å². The van der Waals surface area contributed by atoms with Crippen molar-refractivity contribution in [3.05, 3.63) is 0 Å². The van der Waals surface area contributed by atoms with Gasteiger partial charge in [0.1, 0.15) is 0 Å². The first-order valence-corrected chi connectivity index (χ1v) is 5.07. The molecular weight excluding hydrogens is 270 g/mol. The van der Waals surface area contributed by atoms with Crippen LogP contribution in [0.5, 0.6) is 0 Å². The molecule has 0 amide bonds. The molecular formula is C9H14F6O3. The standard InChI is InChI=1S/C9H14F6O3/c1-3-16-6(2)17-4-5-18-7(8(10,11)12)9(13,14)15/h6-7H,3-5H2,1-2H3. The largest absolute Gasteiger partial charge is 0.423 e. The lowest BCUT2D eigenvalue weighted by Crippen LogP contribution is -2.44. The van der Waals surface area contributed by atoms with E-state index in [0.29, 0.717) is 6.61 Å². The minimum absolute atomic E-state index is 0.315. The van der Waals surface area contributed by atoms with Gasteiger partial charge in [0.25, 0.3) is 0 Å². The van der Waals surface area contributed by atoms with Crippen molar-refractivity contribution in [1.29, 1.82) is 0 Å². The fraction of sp³-hybridized carbons (Fsp3) is 1.00. The molecule has 0 aliphatic rings. The number of halogens is 6. The van der Waals surface area contributed by atoms with E-state index in [-0.39, 0.29) is 0 Å². The summed E-state index contributed by atoms with van der Waals surface area (Å²) in [6, 6.07) is 0. The zero-order valence-electron chi connectivity index (χ0n) is 9.77. The molecule has 0 aromatic carbocycles. The van der Waals surface area contributed by atoms with Gasteiger partial charge >= 0.3 is 12.4 Å². The maximum atomic E-state index is 12.0. The highest BCUT2D eigenvalue weighted by molar-refractivity contribution is 4.75. The molecule has 0 rings (SSSR count). The SMILES string of the molecule is CCOC(C)OCCOC(C(F)(F)F)C(F)(F)F. The summed E-state index contributed by atoms with van der Waals surface area (Å²) in [5.74, 6) is 0. The first-order chi connectivity index (χ1) is 8.09. The molecule has 0 aliphatic carbocycles. The summed E-state index contributed by atoms with van der Waals surface area (Å²) in [6.45, 7) is 2.19. The molecule has 110 valence electrons. The van der Waals surface area contributed by atoms with Crippen molar-refractivity contribution in [2.75, 3.05) is 19.8 Å². The Morgan fingerprint density at radius 2 is 1.28 bits per heavy atom. The Labute approximate surface area is 100.0 Å². The van der Waals surface area contributed by atoms with Crippen molar-refractivity contribution < 1.29 is 40.6 Å². The predicted octanol–water partition coefficient (Wildman–Crippen LogP) is 2.90. The summed E-state index contributed by atoms with van der Waals surface area (Å²) in [7, 11) is 0. The number of ether oxygens (including phenoxy) is 3. The van der Waals surface area contributed by atoms with E-state index in [0.717, 1.165) is 0 Å². The van der Waals surface area contributed by atoms with Crippen molar-refractivity contribution in [3.8, 4) is 0 Å². The van der Waals surface area contributed by atoms with Crippen LogP contribution in [0.15, 0.2) is 0 Å². The average Bonchev–Trinajstić information content (AvgIpc) is 2.13. The van der Waals surface area contributed by atoms with E-state index in [4.69, 9.17) is 9.47 Å². The second kappa shape index (κ2) is 7.15. The second-order valence-corrected chi connectivity index (χ2v) is 3.23. The predicted molar refractivity (Wildman–Crippen MR) is 48.9 cm³/mol. The van der Waals surface area contributed by atoms with Crippen LogP contribution in [0.4, 0.5) is 26.3 Å². The molecule has 18 heavy (non-hydrogen) atoms. The third-order valence-corrected chi connectivity index (χ3v) is 1.72. The van der Waals surface area contributed by atoms with Gasteiger partial charge in [-0.1, -0.05) is 0 Å². The molecule has 0 saturated heterocycles. The fourth-order valence-corrected chi connectivity index (χ4v) is 1.04. The van der Waals surface area contributed by atoms with Crippen LogP contribution in [0.3, 0.4) is 0 Å². The first-order valence-electron chi connectivity index (χ1n) is 5.07. The zero-order chi connectivity index (χ0) is 14.4. The Balaban J connectivity index is 4.07. The van der Waals surface area contributed by atoms with Gasteiger partial charge in [0.05, 0.1) is 13.2 Å². The van der Waals surface area contributed by atoms with Gasteiger partial charge < -0.3 is 14.2 Å². The highest BCUT2D eigenvalue weighted by Crippen LogP contribution is 2.35. The monoisotopic (exact) mass is 284 g/mol. The van der Waals surface area contributed by atoms with E-state index < -0.39 is 38.0 Å². The van der Waals surface area contributed by atoms with Crippen LogP contribution in [0.25, 0.3) is 0 Å². The summed E-state index contributed by atoms with van der Waals surface area (Å²) in [4.78, 5) is 0. The van der Waals surface area contributed by atoms with Crippen molar-refractivity contribution in [3.63, 3.8) is 0 Å². The van der Waals surface area contributed by atoms with Gasteiger partial charge in [-0.2, -0.15) is 26.3 Å². The summed E-state index contributed by atoms with van der Waals surface area (Å²) in [6.07, 6.45) is -15.5. The van der Waals surface area contributed by atoms with Crippen molar-refractivity contribution in [2.45, 2.75) is 38.6 Å². The highest BCUT2D eigenvalue weighted by Gasteiger charge is 2.57. The molecule has 0 spiro atoms. The number of alkyl halides is 6. The van der Waals surface area contributed by atoms with E-state index in [1.807, 2.05) is 0 Å². The second-order valence-electron chi connectivity index (χ2n) is 3.23. The van der Waals surface area contributed by atoms with Crippen LogP contribution in [0, 0.1) is 0 Å². The lowest BCUT2D eigenvalue weighted by Gasteiger charge is -2.23. The van der Waals surface area contributed by atoms with Crippen LogP contribution in [-0.2, 0) is 14.2 Å². The Hall–Kier alpha value is -0.540. The lowest BCUT2D eigenvalue weighted by molar-refractivity contribution is -0.324. The normalized spacial score (nSPS) is 15.2. The Bertz CT molecular complexity index is 213. The Kier molecular flexibility index (Phi) is 6.93. The van der Waals surface area contributed by atoms with Gasteiger partial charge in [-0.3, -0.25) is 0 Å². The zero-order valence-corrected chi connectivity index (χ0v) is 9.77. The quantitative estimate of drug-likeness (QED) is 0.409. The van der Waals surface area contributed by atoms with Gasteiger partial charge in [0, 0.05) is 6.61 Å². The Morgan fingerprint density at radius 3 is 1.67 bits per heavy atom. The molecule has 1 atom stereocenters. The maximum absolute atomic E-state index is 12.0. The van der Waals surface area contributed by atoms with E-state index >= 15 is 0 Å². The summed E-state index contributed by atoms with van der Waals surface area (Å²) < 4.78 is 85.5. The van der Waals surface area contributed by atoms with Crippen LogP contribution in [0.2, 0.25) is 0 Å². The lowest BCUT2D eigenvalue weighted by atomic mass is 10.3. The number of rotatable bonds is 7. The smallest absolute Gasteiger partial charge is 0.359 e. The molecule has 0 saturated carbocycles. The number of hydrogen-bond donors (Lipinski definition) is 0. The third-order valence-electron chi connectivity index (χ3n) is 1.72. The maximum Gasteiger partial charge on any atom is 0.423 e. The molecule has 0 aromatic rings. The Morgan fingerprint density at radius 1 is 0.833 bits per heavy atom. The van der Waals surface area contributed by atoms with Gasteiger partial charge in [0.15, 0.2) is 6.29 Å². The molecule has 0 aromatic heterocycles. The summed E-state index contributed by atoms with van der Waals surface area (Å²) in [5.41, 5.74) is 0. The van der Waals surface area contributed by atoms with Crippen LogP contribution < -0.4 is 0 Å². The molecule has 3 nitrogen and oxygen atoms in total. The molecule has 9 heteroatoms. The van der Waals surface area contributed by atoms with Gasteiger partial charge in [0.2, 0.25) is 6.10 Å². The van der Waals surface area contributed by atoms with Crippen molar-refractivity contribution in [2.24, 2.45) is 0 Å². The van der Waals surface area contributed by atoms with E-state index in [2.05, 4.69) is 4.74 Å². The molecule has 1 unspecified atom stereocenters. The molecule has 0 fully saturated rings. The number of hydrogen-bond acceptors (Lipinski definition) is 3. The molecule has 0 heterocycles. The minimum Gasteiger partial charge on any atom is -0.359 e. The van der Waals surface area contributed by atoms with Gasteiger partial charge in [-0.15, -0.1) is 0 Å². The van der Waals surface area contributed by atoms with Gasteiger partial charge in [-0.05, 0) is 13.8 Å². The third kappa shape index (κ3) is 7.02. The van der Waals surface area contributed by atoms with E-state index in [1.165, 1.54) is 6.92 Å². The topological polar surface area (TPSA) is 27.7 Å². The van der Waals surface area contributed by atoms with Crippen LogP contribution in [0.1, 0.15) is 13.8 Å². The fourth-order valence-electron chi connectivity index (χ4n) is 1.04. The first kappa shape index (κ1) is 17.5. The van der Waals surface area contributed by atoms with Crippen LogP contribution >= 0.6 is 0 Å². The summed E-state index contributed by atoms with van der Waals surface area (Å²) in [5, 5.41) is 0. The van der Waals surface area contributed by atoms with Crippen molar-refractivity contribution >= 4 is 0 Å². The van der Waals surface area contributed by atoms with E-state index in [1.54, 1.807) is 6.92 Å². The average molecular weight is 284 g/mol. The molecule has 0 radical (unpaired) electrons. The molecule has 0 N–H and O–H groups in total.